The summed E-state index contributed by atoms with van der Waals surface area (Å²) in [7, 11) is 0. The van der Waals surface area contributed by atoms with Crippen molar-refractivity contribution in [1.29, 1.82) is 0 Å². The minimum absolute atomic E-state index is 0.187. The number of hydrogen-bond acceptors (Lipinski definition) is 2. The third-order valence-corrected chi connectivity index (χ3v) is 2.89. The molecule has 0 heterocycles. The van der Waals surface area contributed by atoms with Crippen molar-refractivity contribution in [2.24, 2.45) is 5.92 Å². The molecule has 5 nitrogen and oxygen atoms in total. The zero-order valence-electron chi connectivity index (χ0n) is 10.8. The van der Waals surface area contributed by atoms with Gasteiger partial charge >= 0.3 is 12.0 Å². The van der Waals surface area contributed by atoms with Crippen LogP contribution in [0.15, 0.2) is 28.7 Å². The second-order valence-electron chi connectivity index (χ2n) is 4.63. The third-order valence-electron chi connectivity index (χ3n) is 2.39. The fraction of sp³-hybridized carbons (Fsp3) is 0.385. The Bertz CT molecular complexity index is 463. The molecule has 0 aliphatic rings. The van der Waals surface area contributed by atoms with Gasteiger partial charge in [-0.05, 0) is 30.5 Å². The van der Waals surface area contributed by atoms with Gasteiger partial charge in [-0.3, -0.25) is 0 Å². The molecule has 104 valence electrons. The number of carbonyl (C=O) groups is 2. The molecule has 1 aromatic carbocycles. The van der Waals surface area contributed by atoms with E-state index in [1.54, 1.807) is 18.2 Å². The Hall–Kier alpha value is -1.56. The van der Waals surface area contributed by atoms with Crippen molar-refractivity contribution in [1.82, 2.24) is 5.32 Å². The number of amides is 2. The molecule has 0 bridgehead atoms. The van der Waals surface area contributed by atoms with E-state index in [4.69, 9.17) is 5.11 Å². The number of anilines is 1. The number of carboxylic acids is 1. The Labute approximate surface area is 120 Å². The summed E-state index contributed by atoms with van der Waals surface area (Å²) in [5.74, 6) is -0.842. The highest BCUT2D eigenvalue weighted by atomic mass is 79.9. The number of benzene rings is 1. The largest absolute Gasteiger partial charge is 0.480 e. The lowest BCUT2D eigenvalue weighted by atomic mass is 10.0. The monoisotopic (exact) mass is 328 g/mol. The highest BCUT2D eigenvalue weighted by Gasteiger charge is 2.20. The van der Waals surface area contributed by atoms with Crippen LogP contribution in [0.1, 0.15) is 20.3 Å². The van der Waals surface area contributed by atoms with Crippen LogP contribution in [-0.2, 0) is 4.79 Å². The van der Waals surface area contributed by atoms with Gasteiger partial charge in [0.25, 0.3) is 0 Å². The molecule has 3 N–H and O–H groups in total. The zero-order valence-corrected chi connectivity index (χ0v) is 12.4. The summed E-state index contributed by atoms with van der Waals surface area (Å²) in [4.78, 5) is 22.7. The predicted molar refractivity (Wildman–Crippen MR) is 77.2 cm³/mol. The Kier molecular flexibility index (Phi) is 5.82. The molecule has 0 aromatic heterocycles. The van der Waals surface area contributed by atoms with E-state index >= 15 is 0 Å². The van der Waals surface area contributed by atoms with E-state index in [2.05, 4.69) is 26.6 Å². The third kappa shape index (κ3) is 5.74. The molecule has 0 spiro atoms. The lowest BCUT2D eigenvalue weighted by molar-refractivity contribution is -0.139. The van der Waals surface area contributed by atoms with E-state index in [-0.39, 0.29) is 5.92 Å². The lowest BCUT2D eigenvalue weighted by Crippen LogP contribution is -2.43. The standard InChI is InChI=1S/C13H17BrN2O3/c1-8(2)6-11(12(17)18)16-13(19)15-10-5-3-4-9(14)7-10/h3-5,7-8,11H,6H2,1-2H3,(H,17,18)(H2,15,16,19)/t11-/m0/s1. The highest BCUT2D eigenvalue weighted by molar-refractivity contribution is 9.10. The van der Waals surface area contributed by atoms with Gasteiger partial charge in [-0.25, -0.2) is 9.59 Å². The van der Waals surface area contributed by atoms with Crippen molar-refractivity contribution >= 4 is 33.6 Å². The van der Waals surface area contributed by atoms with E-state index in [1.807, 2.05) is 19.9 Å². The molecule has 0 radical (unpaired) electrons. The van der Waals surface area contributed by atoms with Crippen LogP contribution in [0, 0.1) is 5.92 Å². The van der Waals surface area contributed by atoms with Gasteiger partial charge in [0.15, 0.2) is 0 Å². The minimum Gasteiger partial charge on any atom is -0.480 e. The molecule has 1 rings (SSSR count). The molecule has 2 amide bonds. The molecule has 6 heteroatoms. The molecule has 1 aromatic rings. The molecule has 0 saturated carbocycles. The SMILES string of the molecule is CC(C)C[C@H](NC(=O)Nc1cccc(Br)c1)C(=O)O. The van der Waals surface area contributed by atoms with Crippen LogP contribution in [0.5, 0.6) is 0 Å². The van der Waals surface area contributed by atoms with Crippen molar-refractivity contribution in [3.63, 3.8) is 0 Å². The average molecular weight is 329 g/mol. The Morgan fingerprint density at radius 2 is 2.05 bits per heavy atom. The molecule has 0 aliphatic heterocycles. The van der Waals surface area contributed by atoms with Crippen LogP contribution < -0.4 is 10.6 Å². The van der Waals surface area contributed by atoms with Crippen LogP contribution in [0.25, 0.3) is 0 Å². The van der Waals surface area contributed by atoms with E-state index in [0.717, 1.165) is 4.47 Å². The van der Waals surface area contributed by atoms with Gasteiger partial charge in [-0.1, -0.05) is 35.8 Å². The summed E-state index contributed by atoms with van der Waals surface area (Å²) in [5, 5.41) is 14.1. The Morgan fingerprint density at radius 3 is 2.58 bits per heavy atom. The maximum absolute atomic E-state index is 11.7. The second-order valence-corrected chi connectivity index (χ2v) is 5.54. The lowest BCUT2D eigenvalue weighted by Gasteiger charge is -2.17. The number of carbonyl (C=O) groups excluding carboxylic acids is 1. The molecule has 0 saturated heterocycles. The smallest absolute Gasteiger partial charge is 0.326 e. The first-order valence-corrected chi connectivity index (χ1v) is 6.73. The second kappa shape index (κ2) is 7.13. The molecule has 0 fully saturated rings. The summed E-state index contributed by atoms with van der Waals surface area (Å²) in [6.07, 6.45) is 0.390. The molecule has 1 atom stereocenters. The summed E-state index contributed by atoms with van der Waals surface area (Å²) >= 11 is 3.29. The molecule has 19 heavy (non-hydrogen) atoms. The summed E-state index contributed by atoms with van der Waals surface area (Å²) in [5.41, 5.74) is 0.598. The predicted octanol–water partition coefficient (Wildman–Crippen LogP) is 3.07. The average Bonchev–Trinajstić information content (AvgIpc) is 2.27. The van der Waals surface area contributed by atoms with E-state index in [0.29, 0.717) is 12.1 Å². The minimum atomic E-state index is -1.03. The fourth-order valence-electron chi connectivity index (χ4n) is 1.58. The fourth-order valence-corrected chi connectivity index (χ4v) is 1.98. The molecular formula is C13H17BrN2O3. The van der Waals surface area contributed by atoms with Gasteiger partial charge in [0.1, 0.15) is 6.04 Å². The van der Waals surface area contributed by atoms with Crippen LogP contribution >= 0.6 is 15.9 Å². The van der Waals surface area contributed by atoms with Crippen molar-refractivity contribution in [3.05, 3.63) is 28.7 Å². The molecular weight excluding hydrogens is 312 g/mol. The summed E-state index contributed by atoms with van der Waals surface area (Å²) in [6.45, 7) is 3.81. The Morgan fingerprint density at radius 1 is 1.37 bits per heavy atom. The van der Waals surface area contributed by atoms with Gasteiger partial charge in [-0.2, -0.15) is 0 Å². The number of aliphatic carboxylic acids is 1. The number of urea groups is 1. The maximum atomic E-state index is 11.7. The van der Waals surface area contributed by atoms with Crippen LogP contribution in [0.2, 0.25) is 0 Å². The van der Waals surface area contributed by atoms with Gasteiger partial charge in [-0.15, -0.1) is 0 Å². The topological polar surface area (TPSA) is 78.4 Å². The van der Waals surface area contributed by atoms with Crippen molar-refractivity contribution in [3.8, 4) is 0 Å². The van der Waals surface area contributed by atoms with Crippen LogP contribution in [0.4, 0.5) is 10.5 Å². The maximum Gasteiger partial charge on any atom is 0.326 e. The zero-order chi connectivity index (χ0) is 14.4. The first kappa shape index (κ1) is 15.5. The summed E-state index contributed by atoms with van der Waals surface area (Å²) < 4.78 is 0.835. The molecule has 0 aliphatic carbocycles. The quantitative estimate of drug-likeness (QED) is 0.777. The van der Waals surface area contributed by atoms with Gasteiger partial charge in [0.05, 0.1) is 0 Å². The number of rotatable bonds is 5. The van der Waals surface area contributed by atoms with Crippen molar-refractivity contribution in [2.75, 3.05) is 5.32 Å². The van der Waals surface area contributed by atoms with E-state index in [9.17, 15) is 9.59 Å². The van der Waals surface area contributed by atoms with Crippen LogP contribution in [-0.4, -0.2) is 23.1 Å². The Balaban J connectivity index is 2.60. The summed E-state index contributed by atoms with van der Waals surface area (Å²) in [6, 6.07) is 5.67. The van der Waals surface area contributed by atoms with Gasteiger partial charge in [0, 0.05) is 10.2 Å². The van der Waals surface area contributed by atoms with Gasteiger partial charge in [0.2, 0.25) is 0 Å². The number of carboxylic acid groups (broad SMARTS) is 1. The van der Waals surface area contributed by atoms with Crippen LogP contribution in [0.3, 0.4) is 0 Å². The first-order chi connectivity index (χ1) is 8.88. The van der Waals surface area contributed by atoms with Crippen molar-refractivity contribution < 1.29 is 14.7 Å². The number of hydrogen-bond donors (Lipinski definition) is 3. The number of nitrogens with one attached hydrogen (secondary N) is 2. The first-order valence-electron chi connectivity index (χ1n) is 5.94. The van der Waals surface area contributed by atoms with E-state index in [1.165, 1.54) is 0 Å². The molecule has 0 unspecified atom stereocenters. The normalized spacial score (nSPS) is 12.0. The van der Waals surface area contributed by atoms with Crippen molar-refractivity contribution in [2.45, 2.75) is 26.3 Å². The van der Waals surface area contributed by atoms with E-state index < -0.39 is 18.0 Å². The van der Waals surface area contributed by atoms with Gasteiger partial charge < -0.3 is 15.7 Å². The number of halogens is 1. The highest BCUT2D eigenvalue weighted by Crippen LogP contribution is 2.15.